The van der Waals surface area contributed by atoms with Crippen molar-refractivity contribution in [1.82, 2.24) is 0 Å². The molecule has 2 aliphatic rings. The van der Waals surface area contributed by atoms with Crippen molar-refractivity contribution in [3.63, 3.8) is 0 Å². The second kappa shape index (κ2) is 18.7. The van der Waals surface area contributed by atoms with Gasteiger partial charge in [-0.3, -0.25) is 0 Å². The fourth-order valence-electron chi connectivity index (χ4n) is 11.6. The molecule has 4 heteroatoms. The average Bonchev–Trinajstić information content (AvgIpc) is 3.47. The van der Waals surface area contributed by atoms with Gasteiger partial charge in [0.1, 0.15) is 0 Å². The SMILES string of the molecule is CCCCc1ccc(N(c2ccccc2)c2ccc3c(c2)N(c2ccc(-c4ccccc4)cc2C)c2cc4ccccc4c4c2B3N(c2ccc(-c3ccccc3)cc2)c2cc(-c3ccccc3)ccc2-4)cc1. The van der Waals surface area contributed by atoms with Crippen LogP contribution in [0.5, 0.6) is 0 Å². The number of para-hydroxylation sites is 1. The highest BCUT2D eigenvalue weighted by Crippen LogP contribution is 2.51. The Morgan fingerprint density at radius 3 is 1.66 bits per heavy atom. The van der Waals surface area contributed by atoms with Crippen LogP contribution < -0.4 is 25.5 Å². The third-order valence-electron chi connectivity index (χ3n) is 15.1. The summed E-state index contributed by atoms with van der Waals surface area (Å²) in [6, 6.07) is 94.6. The number of rotatable bonds is 11. The van der Waals surface area contributed by atoms with Crippen molar-refractivity contribution in [3.05, 3.63) is 266 Å². The fraction of sp³-hybridized carbons (Fsp3) is 0.0725. The average molecular weight is 936 g/mol. The minimum atomic E-state index is -0.178. The van der Waals surface area contributed by atoms with Gasteiger partial charge in [-0.2, -0.15) is 0 Å². The van der Waals surface area contributed by atoms with Gasteiger partial charge in [-0.1, -0.05) is 195 Å². The van der Waals surface area contributed by atoms with Crippen LogP contribution in [0, 0.1) is 6.92 Å². The molecule has 0 saturated carbocycles. The van der Waals surface area contributed by atoms with Gasteiger partial charge in [-0.25, -0.2) is 0 Å². The molecule has 0 fully saturated rings. The van der Waals surface area contributed by atoms with Crippen LogP contribution in [0.4, 0.5) is 45.5 Å². The van der Waals surface area contributed by atoms with E-state index in [1.165, 1.54) is 102 Å². The Morgan fingerprint density at radius 2 is 0.986 bits per heavy atom. The first-order chi connectivity index (χ1) is 36.1. The third kappa shape index (κ3) is 7.87. The molecule has 2 heterocycles. The monoisotopic (exact) mass is 935 g/mol. The van der Waals surface area contributed by atoms with Gasteiger partial charge in [0, 0.05) is 51.1 Å². The largest absolute Gasteiger partial charge is 0.376 e. The summed E-state index contributed by atoms with van der Waals surface area (Å²) in [5, 5.41) is 2.47. The second-order valence-electron chi connectivity index (χ2n) is 19.6. The highest BCUT2D eigenvalue weighted by atomic mass is 15.2. The lowest BCUT2D eigenvalue weighted by molar-refractivity contribution is 0.795. The van der Waals surface area contributed by atoms with Crippen LogP contribution in [0.25, 0.3) is 55.3 Å². The predicted octanol–water partition coefficient (Wildman–Crippen LogP) is 17.7. The van der Waals surface area contributed by atoms with Crippen LogP contribution in [-0.2, 0) is 6.42 Å². The van der Waals surface area contributed by atoms with E-state index in [1.807, 2.05) is 0 Å². The van der Waals surface area contributed by atoms with Gasteiger partial charge >= 0.3 is 6.85 Å². The minimum absolute atomic E-state index is 0.178. The van der Waals surface area contributed by atoms with E-state index in [4.69, 9.17) is 0 Å². The third-order valence-corrected chi connectivity index (χ3v) is 15.1. The summed E-state index contributed by atoms with van der Waals surface area (Å²) < 4.78 is 0. The molecule has 2 aliphatic heterocycles. The quantitative estimate of drug-likeness (QED) is 0.120. The molecular formula is C69H54BN3. The van der Waals surface area contributed by atoms with Crippen LogP contribution in [0.3, 0.4) is 0 Å². The summed E-state index contributed by atoms with van der Waals surface area (Å²) in [4.78, 5) is 7.65. The zero-order valence-corrected chi connectivity index (χ0v) is 41.3. The molecule has 0 radical (unpaired) electrons. The molecule has 0 aliphatic carbocycles. The lowest BCUT2D eigenvalue weighted by Crippen LogP contribution is -2.61. The molecule has 13 rings (SSSR count). The summed E-state index contributed by atoms with van der Waals surface area (Å²) in [5.74, 6) is 0. The molecule has 0 bridgehead atoms. The van der Waals surface area contributed by atoms with Crippen LogP contribution in [0.1, 0.15) is 30.9 Å². The van der Waals surface area contributed by atoms with Gasteiger partial charge in [-0.15, -0.1) is 0 Å². The standard InChI is InChI=1S/C69H54BN3/c1-3-4-19-49-30-36-58(37-31-49)71(57-27-15-8-16-28-57)60-40-42-63-66(47-60)72(64-43-35-54(44-48(64)2)51-22-11-6-12-23-51)67-46-56-26-17-18-29-61(56)68-62-41-34-55(52-24-13-7-14-25-52)45-65(62)73(70(63)69(67)68)59-38-32-53(33-39-59)50-20-9-5-10-21-50/h5-18,20-47H,3-4,19H2,1-2H3. The Morgan fingerprint density at radius 1 is 0.425 bits per heavy atom. The van der Waals surface area contributed by atoms with E-state index in [1.54, 1.807) is 0 Å². The zero-order chi connectivity index (χ0) is 48.8. The maximum Gasteiger partial charge on any atom is 0.333 e. The smallest absolute Gasteiger partial charge is 0.333 e. The van der Waals surface area contributed by atoms with E-state index in [9.17, 15) is 0 Å². The van der Waals surface area contributed by atoms with Gasteiger partial charge < -0.3 is 14.6 Å². The number of aryl methyl sites for hydroxylation is 2. The molecule has 0 unspecified atom stereocenters. The highest BCUT2D eigenvalue weighted by Gasteiger charge is 2.46. The van der Waals surface area contributed by atoms with Gasteiger partial charge in [-0.05, 0) is 164 Å². The first-order valence-electron chi connectivity index (χ1n) is 25.8. The lowest BCUT2D eigenvalue weighted by Gasteiger charge is -2.46. The first kappa shape index (κ1) is 44.1. The molecule has 0 spiro atoms. The summed E-state index contributed by atoms with van der Waals surface area (Å²) in [6.07, 6.45) is 3.44. The Kier molecular flexibility index (Phi) is 11.3. The van der Waals surface area contributed by atoms with E-state index in [-0.39, 0.29) is 6.85 Å². The van der Waals surface area contributed by atoms with E-state index in [2.05, 4.69) is 283 Å². The summed E-state index contributed by atoms with van der Waals surface area (Å²) in [6.45, 7) is 4.37. The molecule has 0 atom stereocenters. The van der Waals surface area contributed by atoms with E-state index >= 15 is 0 Å². The maximum absolute atomic E-state index is 2.64. The van der Waals surface area contributed by atoms with Crippen LogP contribution in [0.15, 0.2) is 255 Å². The summed E-state index contributed by atoms with van der Waals surface area (Å²) in [5.41, 5.74) is 24.0. The summed E-state index contributed by atoms with van der Waals surface area (Å²) >= 11 is 0. The number of nitrogens with zero attached hydrogens (tertiary/aromatic N) is 3. The molecule has 348 valence electrons. The topological polar surface area (TPSA) is 9.72 Å². The molecule has 11 aromatic rings. The molecule has 0 N–H and O–H groups in total. The van der Waals surface area contributed by atoms with E-state index in [0.29, 0.717) is 0 Å². The molecule has 3 nitrogen and oxygen atoms in total. The van der Waals surface area contributed by atoms with Crippen molar-refractivity contribution in [2.75, 3.05) is 14.6 Å². The van der Waals surface area contributed by atoms with Crippen molar-refractivity contribution in [2.24, 2.45) is 0 Å². The number of benzene rings is 11. The number of hydrogen-bond acceptors (Lipinski definition) is 3. The number of anilines is 8. The normalized spacial score (nSPS) is 12.3. The van der Waals surface area contributed by atoms with Crippen molar-refractivity contribution >= 4 is 74.0 Å². The zero-order valence-electron chi connectivity index (χ0n) is 41.3. The van der Waals surface area contributed by atoms with Gasteiger partial charge in [0.05, 0.1) is 0 Å². The predicted molar refractivity (Wildman–Crippen MR) is 312 cm³/mol. The Labute approximate surface area is 430 Å². The Bertz CT molecular complexity index is 3780. The second-order valence-corrected chi connectivity index (χ2v) is 19.6. The van der Waals surface area contributed by atoms with Crippen molar-refractivity contribution in [2.45, 2.75) is 33.1 Å². The molecular weight excluding hydrogens is 882 g/mol. The highest BCUT2D eigenvalue weighted by molar-refractivity contribution is 6.94. The number of fused-ring (bicyclic) bond motifs is 6. The van der Waals surface area contributed by atoms with Crippen LogP contribution >= 0.6 is 0 Å². The maximum atomic E-state index is 2.64. The van der Waals surface area contributed by atoms with Crippen molar-refractivity contribution < 1.29 is 0 Å². The van der Waals surface area contributed by atoms with E-state index in [0.717, 1.165) is 40.5 Å². The fourth-order valence-corrected chi connectivity index (χ4v) is 11.6. The van der Waals surface area contributed by atoms with Crippen LogP contribution in [0.2, 0.25) is 0 Å². The summed E-state index contributed by atoms with van der Waals surface area (Å²) in [7, 11) is 0. The molecule has 0 amide bonds. The van der Waals surface area contributed by atoms with Crippen molar-refractivity contribution in [1.29, 1.82) is 0 Å². The first-order valence-corrected chi connectivity index (χ1v) is 25.8. The minimum Gasteiger partial charge on any atom is -0.376 e. The van der Waals surface area contributed by atoms with Gasteiger partial charge in [0.15, 0.2) is 0 Å². The number of unbranched alkanes of at least 4 members (excludes halogenated alkanes) is 1. The van der Waals surface area contributed by atoms with Gasteiger partial charge in [0.25, 0.3) is 0 Å². The Balaban J connectivity index is 1.10. The molecule has 73 heavy (non-hydrogen) atoms. The lowest BCUT2D eigenvalue weighted by atomic mass is 9.43. The van der Waals surface area contributed by atoms with Crippen molar-refractivity contribution in [3.8, 4) is 44.5 Å². The Hall–Kier alpha value is -8.86. The van der Waals surface area contributed by atoms with E-state index < -0.39 is 0 Å². The van der Waals surface area contributed by atoms with Crippen LogP contribution in [-0.4, -0.2) is 6.85 Å². The molecule has 11 aromatic carbocycles. The van der Waals surface area contributed by atoms with Gasteiger partial charge in [0.2, 0.25) is 0 Å². The molecule has 0 saturated heterocycles. The molecule has 0 aromatic heterocycles. The number of hydrogen-bond donors (Lipinski definition) is 0.